The number of imidazole rings is 1. The number of H-pyrrole nitrogens is 1. The quantitative estimate of drug-likeness (QED) is 0.876. The highest BCUT2D eigenvalue weighted by Crippen LogP contribution is 2.35. The van der Waals surface area contributed by atoms with Crippen molar-refractivity contribution in [2.45, 2.75) is 70.4 Å². The summed E-state index contributed by atoms with van der Waals surface area (Å²) in [6.45, 7) is 6.74. The third-order valence-electron chi connectivity index (χ3n) is 5.49. The van der Waals surface area contributed by atoms with E-state index in [1.165, 1.54) is 75.8 Å². The molecule has 0 amide bonds. The second-order valence-electron chi connectivity index (χ2n) is 6.91. The van der Waals surface area contributed by atoms with Crippen LogP contribution in [0.2, 0.25) is 0 Å². The molecule has 1 saturated heterocycles. The monoisotopic (exact) mass is 290 g/mol. The lowest BCUT2D eigenvalue weighted by Crippen LogP contribution is -2.57. The summed E-state index contributed by atoms with van der Waals surface area (Å²) < 4.78 is 0. The highest BCUT2D eigenvalue weighted by atomic mass is 15.2. The molecule has 4 heteroatoms. The van der Waals surface area contributed by atoms with Crippen molar-refractivity contribution in [2.75, 3.05) is 19.6 Å². The summed E-state index contributed by atoms with van der Waals surface area (Å²) in [5, 5.41) is 3.71. The van der Waals surface area contributed by atoms with Gasteiger partial charge in [0.25, 0.3) is 0 Å². The second kappa shape index (κ2) is 6.93. The average molecular weight is 290 g/mol. The number of nitrogens with one attached hydrogen (secondary N) is 2. The van der Waals surface area contributed by atoms with Gasteiger partial charge < -0.3 is 10.3 Å². The van der Waals surface area contributed by atoms with Crippen LogP contribution >= 0.6 is 0 Å². The van der Waals surface area contributed by atoms with Crippen molar-refractivity contribution in [3.05, 3.63) is 17.7 Å². The van der Waals surface area contributed by atoms with Gasteiger partial charge in [-0.3, -0.25) is 4.90 Å². The molecule has 2 aliphatic rings. The summed E-state index contributed by atoms with van der Waals surface area (Å²) in [5.74, 6) is 0. The minimum absolute atomic E-state index is 0.420. The van der Waals surface area contributed by atoms with E-state index in [0.717, 1.165) is 13.1 Å². The molecule has 2 fully saturated rings. The Kier molecular flexibility index (Phi) is 4.96. The molecule has 1 aromatic heterocycles. The van der Waals surface area contributed by atoms with E-state index < -0.39 is 0 Å². The molecule has 0 spiro atoms. The van der Waals surface area contributed by atoms with Crippen molar-refractivity contribution in [3.8, 4) is 0 Å². The summed E-state index contributed by atoms with van der Waals surface area (Å²) in [4.78, 5) is 10.4. The summed E-state index contributed by atoms with van der Waals surface area (Å²) in [7, 11) is 0. The number of nitrogens with zero attached hydrogens (tertiary/aromatic N) is 2. The second-order valence-corrected chi connectivity index (χ2v) is 6.91. The first-order chi connectivity index (χ1) is 10.3. The zero-order valence-electron chi connectivity index (χ0n) is 13.5. The van der Waals surface area contributed by atoms with Crippen LogP contribution in [-0.4, -0.2) is 40.0 Å². The van der Waals surface area contributed by atoms with Gasteiger partial charge in [0.1, 0.15) is 0 Å². The molecule has 0 radical (unpaired) electrons. The Morgan fingerprint density at radius 3 is 2.52 bits per heavy atom. The van der Waals surface area contributed by atoms with Crippen LogP contribution in [0.15, 0.2) is 6.33 Å². The molecule has 118 valence electrons. The molecule has 0 bridgehead atoms. The Balaban J connectivity index is 1.60. The maximum Gasteiger partial charge on any atom is 0.0925 e. The fourth-order valence-electron chi connectivity index (χ4n) is 4.16. The minimum Gasteiger partial charge on any atom is -0.348 e. The molecular formula is C17H30N4. The highest BCUT2D eigenvalue weighted by Gasteiger charge is 2.37. The zero-order chi connectivity index (χ0) is 14.5. The van der Waals surface area contributed by atoms with Gasteiger partial charge in [0.2, 0.25) is 0 Å². The molecule has 4 nitrogen and oxygen atoms in total. The summed E-state index contributed by atoms with van der Waals surface area (Å²) >= 11 is 0. The minimum atomic E-state index is 0.420. The molecule has 1 aliphatic heterocycles. The number of aromatic nitrogens is 2. The number of rotatable bonds is 5. The van der Waals surface area contributed by atoms with Crippen molar-refractivity contribution < 1.29 is 0 Å². The van der Waals surface area contributed by atoms with Crippen LogP contribution in [0, 0.1) is 6.92 Å². The molecule has 2 N–H and O–H groups in total. The highest BCUT2D eigenvalue weighted by molar-refractivity contribution is 5.08. The van der Waals surface area contributed by atoms with Gasteiger partial charge in [0, 0.05) is 24.3 Å². The first kappa shape index (κ1) is 15.0. The normalized spacial score (nSPS) is 23.3. The van der Waals surface area contributed by atoms with Gasteiger partial charge in [-0.2, -0.15) is 0 Å². The maximum absolute atomic E-state index is 4.40. The van der Waals surface area contributed by atoms with E-state index in [1.807, 2.05) is 0 Å². The lowest BCUT2D eigenvalue weighted by molar-refractivity contribution is 0.0332. The Morgan fingerprint density at radius 2 is 1.86 bits per heavy atom. The summed E-state index contributed by atoms with van der Waals surface area (Å²) in [5.41, 5.74) is 2.78. The van der Waals surface area contributed by atoms with Crippen LogP contribution in [0.25, 0.3) is 0 Å². The topological polar surface area (TPSA) is 44.0 Å². The first-order valence-corrected chi connectivity index (χ1v) is 8.75. The molecule has 1 aliphatic carbocycles. The van der Waals surface area contributed by atoms with E-state index in [1.54, 1.807) is 6.33 Å². The van der Waals surface area contributed by atoms with Crippen molar-refractivity contribution in [1.29, 1.82) is 0 Å². The molecule has 3 rings (SSSR count). The van der Waals surface area contributed by atoms with E-state index in [-0.39, 0.29) is 0 Å². The predicted octanol–water partition coefficient (Wildman–Crippen LogP) is 3.00. The van der Waals surface area contributed by atoms with Crippen LogP contribution in [0.3, 0.4) is 0 Å². The number of aryl methyl sites for hydroxylation is 1. The van der Waals surface area contributed by atoms with Gasteiger partial charge in [-0.1, -0.05) is 25.7 Å². The zero-order valence-corrected chi connectivity index (χ0v) is 13.5. The van der Waals surface area contributed by atoms with Crippen molar-refractivity contribution in [2.24, 2.45) is 0 Å². The SMILES string of the molecule is Cc1[nH]cnc1CNCC1(N2CCCCC2)CCCCC1. The van der Waals surface area contributed by atoms with Crippen molar-refractivity contribution >= 4 is 0 Å². The van der Waals surface area contributed by atoms with E-state index >= 15 is 0 Å². The van der Waals surface area contributed by atoms with Crippen molar-refractivity contribution in [3.63, 3.8) is 0 Å². The van der Waals surface area contributed by atoms with E-state index in [0.29, 0.717) is 5.54 Å². The van der Waals surface area contributed by atoms with E-state index in [4.69, 9.17) is 0 Å². The van der Waals surface area contributed by atoms with Gasteiger partial charge in [0.05, 0.1) is 12.0 Å². The van der Waals surface area contributed by atoms with Gasteiger partial charge in [-0.05, 0) is 45.7 Å². The van der Waals surface area contributed by atoms with Gasteiger partial charge in [0.15, 0.2) is 0 Å². The van der Waals surface area contributed by atoms with Crippen LogP contribution < -0.4 is 5.32 Å². The maximum atomic E-state index is 4.40. The average Bonchev–Trinajstić information content (AvgIpc) is 2.95. The Labute approximate surface area is 128 Å². The largest absolute Gasteiger partial charge is 0.348 e. The predicted molar refractivity (Wildman–Crippen MR) is 86.3 cm³/mol. The van der Waals surface area contributed by atoms with Crippen LogP contribution in [0.1, 0.15) is 62.8 Å². The molecular weight excluding hydrogens is 260 g/mol. The van der Waals surface area contributed by atoms with Gasteiger partial charge in [-0.15, -0.1) is 0 Å². The molecule has 0 aromatic carbocycles. The third kappa shape index (κ3) is 3.49. The van der Waals surface area contributed by atoms with Crippen molar-refractivity contribution in [1.82, 2.24) is 20.2 Å². The number of likely N-dealkylation sites (tertiary alicyclic amines) is 1. The van der Waals surface area contributed by atoms with E-state index in [9.17, 15) is 0 Å². The lowest BCUT2D eigenvalue weighted by Gasteiger charge is -2.48. The molecule has 1 saturated carbocycles. The fourth-order valence-corrected chi connectivity index (χ4v) is 4.16. The number of hydrogen-bond acceptors (Lipinski definition) is 3. The molecule has 21 heavy (non-hydrogen) atoms. The number of piperidine rings is 1. The fraction of sp³-hybridized carbons (Fsp3) is 0.824. The Hall–Kier alpha value is -0.870. The Morgan fingerprint density at radius 1 is 1.14 bits per heavy atom. The summed E-state index contributed by atoms with van der Waals surface area (Å²) in [6.07, 6.45) is 13.0. The lowest BCUT2D eigenvalue weighted by atomic mass is 9.79. The van der Waals surface area contributed by atoms with Gasteiger partial charge in [-0.25, -0.2) is 4.98 Å². The molecule has 2 heterocycles. The molecule has 1 aromatic rings. The standard InChI is InChI=1S/C17H30N4/c1-15-16(20-14-19-15)12-18-13-17(8-4-2-5-9-17)21-10-6-3-7-11-21/h14,18H,2-13H2,1H3,(H,19,20). The van der Waals surface area contributed by atoms with Gasteiger partial charge >= 0.3 is 0 Å². The van der Waals surface area contributed by atoms with Crippen LogP contribution in [-0.2, 0) is 6.54 Å². The third-order valence-corrected chi connectivity index (χ3v) is 5.49. The summed E-state index contributed by atoms with van der Waals surface area (Å²) in [6, 6.07) is 0. The molecule has 0 atom stereocenters. The Bertz CT molecular complexity index is 428. The van der Waals surface area contributed by atoms with E-state index in [2.05, 4.69) is 27.1 Å². The smallest absolute Gasteiger partial charge is 0.0925 e. The number of hydrogen-bond donors (Lipinski definition) is 2. The number of aromatic amines is 1. The van der Waals surface area contributed by atoms with Crippen LogP contribution in [0.5, 0.6) is 0 Å². The van der Waals surface area contributed by atoms with Crippen LogP contribution in [0.4, 0.5) is 0 Å². The first-order valence-electron chi connectivity index (χ1n) is 8.75. The molecule has 0 unspecified atom stereocenters.